The SMILES string of the molecule is CCCCCCCCCCCCCCCCCCCCC(=O)OC(CCCCCCCCCCCCCCC)CCCCCCCC(=O)NC(CCCN)C(=O)O. The molecule has 0 aromatic heterocycles. The molecule has 57 heavy (non-hydrogen) atoms. The number of hydrogen-bond acceptors (Lipinski definition) is 5. The Bertz CT molecular complexity index is 868. The van der Waals surface area contributed by atoms with E-state index in [-0.39, 0.29) is 18.0 Å². The second-order valence-corrected chi connectivity index (χ2v) is 17.6. The summed E-state index contributed by atoms with van der Waals surface area (Å²) >= 11 is 0. The Balaban J connectivity index is 4.21. The fraction of sp³-hybridized carbons (Fsp3) is 0.940. The van der Waals surface area contributed by atoms with Gasteiger partial charge in [-0.15, -0.1) is 0 Å². The first-order valence-electron chi connectivity index (χ1n) is 25.4. The van der Waals surface area contributed by atoms with Crippen LogP contribution in [0.2, 0.25) is 0 Å². The first kappa shape index (κ1) is 55.4. The van der Waals surface area contributed by atoms with Crippen molar-refractivity contribution in [3.8, 4) is 0 Å². The van der Waals surface area contributed by atoms with E-state index >= 15 is 0 Å². The molecule has 0 aliphatic rings. The molecule has 338 valence electrons. The number of carbonyl (C=O) groups is 3. The summed E-state index contributed by atoms with van der Waals surface area (Å²) in [5.41, 5.74) is 5.50. The van der Waals surface area contributed by atoms with Crippen LogP contribution in [0.4, 0.5) is 0 Å². The van der Waals surface area contributed by atoms with Crippen LogP contribution in [0.1, 0.15) is 284 Å². The highest BCUT2D eigenvalue weighted by Crippen LogP contribution is 2.20. The third-order valence-corrected chi connectivity index (χ3v) is 11.9. The molecule has 7 heteroatoms. The number of esters is 1. The summed E-state index contributed by atoms with van der Waals surface area (Å²) in [7, 11) is 0. The van der Waals surface area contributed by atoms with Gasteiger partial charge in [0.2, 0.25) is 5.91 Å². The lowest BCUT2D eigenvalue weighted by Gasteiger charge is -2.18. The van der Waals surface area contributed by atoms with Gasteiger partial charge in [-0.05, 0) is 57.9 Å². The second kappa shape index (κ2) is 45.5. The maximum atomic E-state index is 12.9. The van der Waals surface area contributed by atoms with E-state index in [1.165, 1.54) is 180 Å². The molecule has 0 aromatic carbocycles. The maximum absolute atomic E-state index is 12.9. The fourth-order valence-corrected chi connectivity index (χ4v) is 8.10. The minimum Gasteiger partial charge on any atom is -0.480 e. The molecule has 0 radical (unpaired) electrons. The Morgan fingerprint density at radius 1 is 0.439 bits per heavy atom. The number of carbonyl (C=O) groups excluding carboxylic acids is 2. The number of carboxylic acids is 1. The van der Waals surface area contributed by atoms with Gasteiger partial charge in [-0.25, -0.2) is 4.79 Å². The first-order chi connectivity index (χ1) is 27.9. The quantitative estimate of drug-likeness (QED) is 0.0416. The zero-order chi connectivity index (χ0) is 41.7. The summed E-state index contributed by atoms with van der Waals surface area (Å²) in [5, 5.41) is 12.0. The summed E-state index contributed by atoms with van der Waals surface area (Å²) in [6.45, 7) is 4.98. The minimum atomic E-state index is -0.999. The number of unbranched alkanes of at least 4 members (excludes halogenated alkanes) is 33. The van der Waals surface area contributed by atoms with Crippen LogP contribution in [0.3, 0.4) is 0 Å². The predicted octanol–water partition coefficient (Wildman–Crippen LogP) is 14.9. The summed E-state index contributed by atoms with van der Waals surface area (Å²) in [6, 6.07) is -0.852. The number of nitrogens with one attached hydrogen (secondary N) is 1. The Morgan fingerprint density at radius 3 is 1.09 bits per heavy atom. The molecule has 0 bridgehead atoms. The molecule has 0 spiro atoms. The van der Waals surface area contributed by atoms with Crippen LogP contribution in [-0.2, 0) is 19.1 Å². The van der Waals surface area contributed by atoms with Gasteiger partial charge in [0.05, 0.1) is 0 Å². The minimum absolute atomic E-state index is 0.0108. The zero-order valence-corrected chi connectivity index (χ0v) is 38.2. The summed E-state index contributed by atoms with van der Waals surface area (Å²) in [5.74, 6) is -1.20. The maximum Gasteiger partial charge on any atom is 0.326 e. The molecule has 0 aromatic rings. The number of rotatable bonds is 47. The van der Waals surface area contributed by atoms with Crippen molar-refractivity contribution in [2.45, 2.75) is 296 Å². The van der Waals surface area contributed by atoms with Crippen molar-refractivity contribution < 1.29 is 24.2 Å². The van der Waals surface area contributed by atoms with Gasteiger partial charge in [0, 0.05) is 12.8 Å². The van der Waals surface area contributed by atoms with Crippen molar-refractivity contribution in [3.05, 3.63) is 0 Å². The fourth-order valence-electron chi connectivity index (χ4n) is 8.10. The molecule has 7 nitrogen and oxygen atoms in total. The third-order valence-electron chi connectivity index (χ3n) is 11.9. The smallest absolute Gasteiger partial charge is 0.326 e. The average molecular weight is 807 g/mol. The van der Waals surface area contributed by atoms with Crippen molar-refractivity contribution in [1.82, 2.24) is 5.32 Å². The number of amides is 1. The Hall–Kier alpha value is -1.63. The van der Waals surface area contributed by atoms with Gasteiger partial charge < -0.3 is 20.9 Å². The zero-order valence-electron chi connectivity index (χ0n) is 38.2. The Morgan fingerprint density at radius 2 is 0.754 bits per heavy atom. The molecule has 0 heterocycles. The number of hydrogen-bond donors (Lipinski definition) is 3. The third kappa shape index (κ3) is 42.3. The van der Waals surface area contributed by atoms with Crippen LogP contribution in [-0.4, -0.2) is 41.6 Å². The van der Waals surface area contributed by atoms with Crippen LogP contribution in [0, 0.1) is 0 Å². The summed E-state index contributed by atoms with van der Waals surface area (Å²) in [6.07, 6.45) is 50.2. The number of carboxylic acid groups (broad SMARTS) is 1. The summed E-state index contributed by atoms with van der Waals surface area (Å²) < 4.78 is 6.09. The lowest BCUT2D eigenvalue weighted by molar-refractivity contribution is -0.150. The van der Waals surface area contributed by atoms with E-state index in [4.69, 9.17) is 10.5 Å². The highest BCUT2D eigenvalue weighted by molar-refractivity contribution is 5.83. The normalized spacial score (nSPS) is 12.5. The van der Waals surface area contributed by atoms with Crippen molar-refractivity contribution >= 4 is 17.8 Å². The van der Waals surface area contributed by atoms with Crippen LogP contribution in [0.25, 0.3) is 0 Å². The molecule has 0 saturated heterocycles. The molecular weight excluding hydrogens is 709 g/mol. The number of nitrogens with two attached hydrogens (primary N) is 1. The molecule has 4 N–H and O–H groups in total. The van der Waals surface area contributed by atoms with Crippen molar-refractivity contribution in [2.75, 3.05) is 6.54 Å². The molecule has 0 aliphatic heterocycles. The van der Waals surface area contributed by atoms with Gasteiger partial charge >= 0.3 is 11.9 Å². The van der Waals surface area contributed by atoms with Gasteiger partial charge in [-0.1, -0.05) is 219 Å². The molecule has 2 atom stereocenters. The van der Waals surface area contributed by atoms with Gasteiger partial charge in [0.25, 0.3) is 0 Å². The Kier molecular flexibility index (Phi) is 44.2. The van der Waals surface area contributed by atoms with E-state index in [1.807, 2.05) is 0 Å². The Labute approximate surface area is 354 Å². The monoisotopic (exact) mass is 807 g/mol. The molecule has 0 aliphatic carbocycles. The topological polar surface area (TPSA) is 119 Å². The van der Waals surface area contributed by atoms with E-state index in [2.05, 4.69) is 19.2 Å². The van der Waals surface area contributed by atoms with E-state index in [0.29, 0.717) is 32.2 Å². The molecule has 1 amide bonds. The van der Waals surface area contributed by atoms with E-state index in [1.54, 1.807) is 0 Å². The van der Waals surface area contributed by atoms with Crippen LogP contribution >= 0.6 is 0 Å². The molecule has 0 fully saturated rings. The molecule has 2 unspecified atom stereocenters. The van der Waals surface area contributed by atoms with E-state index in [9.17, 15) is 19.5 Å². The van der Waals surface area contributed by atoms with Gasteiger partial charge in [0.1, 0.15) is 12.1 Å². The highest BCUT2D eigenvalue weighted by Gasteiger charge is 2.19. The standard InChI is InChI=1S/C50H98N2O5/c1-3-5-7-9-11-13-15-17-18-19-20-21-23-25-27-29-34-38-44-49(54)57-46(40-35-31-28-26-24-22-16-14-12-10-8-6-4-2)41-36-32-30-33-37-43-48(53)52-47(50(55)56)42-39-45-51/h46-47H,3-45,51H2,1-2H3,(H,52,53)(H,55,56). The second-order valence-electron chi connectivity index (χ2n) is 17.6. The van der Waals surface area contributed by atoms with Crippen molar-refractivity contribution in [2.24, 2.45) is 5.73 Å². The summed E-state index contributed by atoms with van der Waals surface area (Å²) in [4.78, 5) is 36.5. The van der Waals surface area contributed by atoms with Crippen molar-refractivity contribution in [3.63, 3.8) is 0 Å². The number of ether oxygens (including phenoxy) is 1. The first-order valence-corrected chi connectivity index (χ1v) is 25.4. The van der Waals surface area contributed by atoms with E-state index < -0.39 is 12.0 Å². The average Bonchev–Trinajstić information content (AvgIpc) is 3.20. The lowest BCUT2D eigenvalue weighted by atomic mass is 10.0. The van der Waals surface area contributed by atoms with Crippen LogP contribution in [0.15, 0.2) is 0 Å². The molecule has 0 saturated carbocycles. The molecular formula is C50H98N2O5. The van der Waals surface area contributed by atoms with Gasteiger partial charge in [0.15, 0.2) is 0 Å². The van der Waals surface area contributed by atoms with Crippen LogP contribution < -0.4 is 11.1 Å². The van der Waals surface area contributed by atoms with Crippen LogP contribution in [0.5, 0.6) is 0 Å². The largest absolute Gasteiger partial charge is 0.480 e. The highest BCUT2D eigenvalue weighted by atomic mass is 16.5. The number of aliphatic carboxylic acids is 1. The van der Waals surface area contributed by atoms with Crippen molar-refractivity contribution in [1.29, 1.82) is 0 Å². The van der Waals surface area contributed by atoms with E-state index in [0.717, 1.165) is 64.2 Å². The molecule has 0 rings (SSSR count). The van der Waals surface area contributed by atoms with Gasteiger partial charge in [-0.2, -0.15) is 0 Å². The van der Waals surface area contributed by atoms with Gasteiger partial charge in [-0.3, -0.25) is 9.59 Å². The predicted molar refractivity (Wildman–Crippen MR) is 244 cm³/mol. The lowest BCUT2D eigenvalue weighted by Crippen LogP contribution is -2.40.